The third kappa shape index (κ3) is 4.22. The Kier molecular flexibility index (Phi) is 5.38. The molecule has 1 aromatic carbocycles. The Morgan fingerprint density at radius 2 is 2.14 bits per heavy atom. The number of aromatic nitrogens is 3. The van der Waals surface area contributed by atoms with Gasteiger partial charge in [0.2, 0.25) is 5.91 Å². The maximum absolute atomic E-state index is 12.2. The smallest absolute Gasteiger partial charge is 0.285 e. The van der Waals surface area contributed by atoms with E-state index in [2.05, 4.69) is 25.8 Å². The van der Waals surface area contributed by atoms with E-state index in [1.54, 1.807) is 17.6 Å². The summed E-state index contributed by atoms with van der Waals surface area (Å²) in [6, 6.07) is 9.22. The number of thiazole rings is 1. The molecule has 10 heteroatoms. The molecule has 3 heterocycles. The summed E-state index contributed by atoms with van der Waals surface area (Å²) in [6.07, 6.45) is 1.81. The molecule has 7 nitrogen and oxygen atoms in total. The Morgan fingerprint density at radius 3 is 2.93 bits per heavy atom. The van der Waals surface area contributed by atoms with E-state index < -0.39 is 0 Å². The van der Waals surface area contributed by atoms with Gasteiger partial charge in [0.15, 0.2) is 5.01 Å². The van der Waals surface area contributed by atoms with Crippen LogP contribution in [0.15, 0.2) is 41.9 Å². The molecule has 0 spiro atoms. The van der Waals surface area contributed by atoms with Gasteiger partial charge in [0.1, 0.15) is 10.6 Å². The minimum absolute atomic E-state index is 0.0961. The van der Waals surface area contributed by atoms with Crippen LogP contribution >= 0.6 is 34.3 Å². The number of aromatic amines is 1. The van der Waals surface area contributed by atoms with Crippen molar-refractivity contribution < 1.29 is 9.59 Å². The van der Waals surface area contributed by atoms with E-state index in [9.17, 15) is 9.59 Å². The van der Waals surface area contributed by atoms with Crippen molar-refractivity contribution in [2.75, 3.05) is 5.32 Å². The average molecular weight is 432 g/mol. The van der Waals surface area contributed by atoms with Gasteiger partial charge in [-0.15, -0.1) is 22.7 Å². The molecule has 0 aliphatic heterocycles. The molecule has 4 aromatic rings. The summed E-state index contributed by atoms with van der Waals surface area (Å²) < 4.78 is 0. The number of H-pyrrole nitrogens is 1. The first-order chi connectivity index (χ1) is 13.6. The topological polar surface area (TPSA) is 99.8 Å². The SMILES string of the molecule is O=C(Cc1cc2c(NC(=O)c3nccs3)[nH]nc2s1)NCc1cccc(Cl)c1. The van der Waals surface area contributed by atoms with Gasteiger partial charge in [-0.1, -0.05) is 23.7 Å². The molecule has 28 heavy (non-hydrogen) atoms. The van der Waals surface area contributed by atoms with Crippen molar-refractivity contribution in [2.45, 2.75) is 13.0 Å². The molecule has 0 saturated carbocycles. The summed E-state index contributed by atoms with van der Waals surface area (Å²) in [5, 5.41) is 16.2. The first-order valence-electron chi connectivity index (χ1n) is 8.27. The highest BCUT2D eigenvalue weighted by Crippen LogP contribution is 2.29. The van der Waals surface area contributed by atoms with Crippen molar-refractivity contribution in [1.29, 1.82) is 0 Å². The summed E-state index contributed by atoms with van der Waals surface area (Å²) in [6.45, 7) is 0.414. The molecule has 0 unspecified atom stereocenters. The zero-order valence-corrected chi connectivity index (χ0v) is 16.7. The van der Waals surface area contributed by atoms with Crippen LogP contribution < -0.4 is 10.6 Å². The summed E-state index contributed by atoms with van der Waals surface area (Å²) in [7, 11) is 0. The summed E-state index contributed by atoms with van der Waals surface area (Å²) >= 11 is 8.62. The highest BCUT2D eigenvalue weighted by molar-refractivity contribution is 7.18. The molecule has 0 aliphatic rings. The predicted octanol–water partition coefficient (Wildman–Crippen LogP) is 3.85. The molecule has 2 amide bonds. The molecule has 0 atom stereocenters. The van der Waals surface area contributed by atoms with Crippen LogP contribution in [0.2, 0.25) is 5.02 Å². The van der Waals surface area contributed by atoms with Crippen molar-refractivity contribution in [3.05, 3.63) is 62.4 Å². The number of rotatable bonds is 6. The Bertz CT molecular complexity index is 1140. The fourth-order valence-corrected chi connectivity index (χ4v) is 4.35. The molecule has 142 valence electrons. The van der Waals surface area contributed by atoms with Crippen molar-refractivity contribution in [2.24, 2.45) is 0 Å². The molecule has 0 aliphatic carbocycles. The molecule has 0 radical (unpaired) electrons. The number of amides is 2. The highest BCUT2D eigenvalue weighted by Gasteiger charge is 2.16. The molecule has 3 N–H and O–H groups in total. The number of fused-ring (bicyclic) bond motifs is 1. The van der Waals surface area contributed by atoms with E-state index in [0.717, 1.165) is 20.7 Å². The summed E-state index contributed by atoms with van der Waals surface area (Å²) in [5.41, 5.74) is 0.939. The third-order valence-corrected chi connectivity index (χ3v) is 5.92. The van der Waals surface area contributed by atoms with Crippen molar-refractivity contribution in [3.8, 4) is 0 Å². The zero-order valence-electron chi connectivity index (χ0n) is 14.4. The molecule has 0 fully saturated rings. The second-order valence-electron chi connectivity index (χ2n) is 5.90. The minimum Gasteiger partial charge on any atom is -0.352 e. The van der Waals surface area contributed by atoms with Gasteiger partial charge in [-0.05, 0) is 23.8 Å². The van der Waals surface area contributed by atoms with E-state index >= 15 is 0 Å². The summed E-state index contributed by atoms with van der Waals surface area (Å²) in [5.74, 6) is 0.103. The van der Waals surface area contributed by atoms with Crippen molar-refractivity contribution in [3.63, 3.8) is 0 Å². The van der Waals surface area contributed by atoms with E-state index in [0.29, 0.717) is 22.4 Å². The Hall–Kier alpha value is -2.75. The van der Waals surface area contributed by atoms with Crippen LogP contribution in [-0.4, -0.2) is 27.0 Å². The maximum Gasteiger partial charge on any atom is 0.285 e. The van der Waals surface area contributed by atoms with Crippen LogP contribution in [0.3, 0.4) is 0 Å². The lowest BCUT2D eigenvalue weighted by Crippen LogP contribution is -2.24. The van der Waals surface area contributed by atoms with E-state index in [1.165, 1.54) is 22.7 Å². The van der Waals surface area contributed by atoms with Crippen LogP contribution in [0.4, 0.5) is 5.82 Å². The average Bonchev–Trinajstić information content (AvgIpc) is 3.39. The normalized spacial score (nSPS) is 10.9. The van der Waals surface area contributed by atoms with Gasteiger partial charge >= 0.3 is 0 Å². The number of carbonyl (C=O) groups excluding carboxylic acids is 2. The third-order valence-electron chi connectivity index (χ3n) is 3.88. The zero-order chi connectivity index (χ0) is 19.5. The van der Waals surface area contributed by atoms with Crippen LogP contribution in [0.25, 0.3) is 10.2 Å². The van der Waals surface area contributed by atoms with E-state index in [1.807, 2.05) is 24.3 Å². The van der Waals surface area contributed by atoms with Gasteiger partial charge in [-0.3, -0.25) is 14.7 Å². The maximum atomic E-state index is 12.2. The summed E-state index contributed by atoms with van der Waals surface area (Å²) in [4.78, 5) is 30.0. The molecule has 4 rings (SSSR count). The van der Waals surface area contributed by atoms with Gasteiger partial charge in [0.05, 0.1) is 11.8 Å². The van der Waals surface area contributed by atoms with Gasteiger partial charge in [-0.25, -0.2) is 4.98 Å². The fourth-order valence-electron chi connectivity index (χ4n) is 2.61. The number of benzene rings is 1. The fraction of sp³-hybridized carbons (Fsp3) is 0.111. The first-order valence-corrected chi connectivity index (χ1v) is 10.3. The monoisotopic (exact) mass is 431 g/mol. The van der Waals surface area contributed by atoms with Gasteiger partial charge in [0.25, 0.3) is 5.91 Å². The molecule has 3 aromatic heterocycles. The lowest BCUT2D eigenvalue weighted by molar-refractivity contribution is -0.120. The van der Waals surface area contributed by atoms with Crippen molar-refractivity contribution in [1.82, 2.24) is 20.5 Å². The number of anilines is 1. The first kappa shape index (κ1) is 18.6. The van der Waals surface area contributed by atoms with Crippen molar-refractivity contribution >= 4 is 62.1 Å². The van der Waals surface area contributed by atoms with Crippen LogP contribution in [0.5, 0.6) is 0 Å². The second-order valence-corrected chi connectivity index (χ2v) is 8.35. The molecule has 0 bridgehead atoms. The van der Waals surface area contributed by atoms with Crippen LogP contribution in [-0.2, 0) is 17.8 Å². The number of thiophene rings is 1. The number of nitrogens with one attached hydrogen (secondary N) is 3. The number of halogens is 1. The molecular formula is C18H14ClN5O2S2. The minimum atomic E-state index is -0.299. The largest absolute Gasteiger partial charge is 0.352 e. The molecular weight excluding hydrogens is 418 g/mol. The lowest BCUT2D eigenvalue weighted by atomic mass is 10.2. The predicted molar refractivity (Wildman–Crippen MR) is 111 cm³/mol. The molecule has 0 saturated heterocycles. The van der Waals surface area contributed by atoms with E-state index in [-0.39, 0.29) is 18.2 Å². The second kappa shape index (κ2) is 8.09. The number of hydrogen-bond acceptors (Lipinski definition) is 6. The standard InChI is InChI=1S/C18H14ClN5O2S2/c19-11-3-1-2-10(6-11)9-21-14(25)8-12-7-13-15(23-24-17(13)28-12)22-16(26)18-20-4-5-27-18/h1-7H,8-9H2,(H,21,25)(H2,22,23,24,26). The number of carbonyl (C=O) groups is 2. The van der Waals surface area contributed by atoms with Gasteiger partial charge in [0, 0.05) is 28.0 Å². The lowest BCUT2D eigenvalue weighted by Gasteiger charge is -2.05. The van der Waals surface area contributed by atoms with Crippen LogP contribution in [0, 0.1) is 0 Å². The quantitative estimate of drug-likeness (QED) is 0.431. The van der Waals surface area contributed by atoms with Gasteiger partial charge < -0.3 is 10.6 Å². The number of nitrogens with zero attached hydrogens (tertiary/aromatic N) is 2. The Balaban J connectivity index is 1.40. The number of hydrogen-bond donors (Lipinski definition) is 3. The Labute approximate surface area is 172 Å². The van der Waals surface area contributed by atoms with Gasteiger partial charge in [-0.2, -0.15) is 5.10 Å². The van der Waals surface area contributed by atoms with Crippen LogP contribution in [0.1, 0.15) is 20.2 Å². The highest BCUT2D eigenvalue weighted by atomic mass is 35.5. The Morgan fingerprint density at radius 1 is 1.25 bits per heavy atom. The van der Waals surface area contributed by atoms with E-state index in [4.69, 9.17) is 11.6 Å².